The number of nitrogens with one attached hydrogen (secondary N) is 1. The minimum absolute atomic E-state index is 0.219. The van der Waals surface area contributed by atoms with Gasteiger partial charge in [0.1, 0.15) is 0 Å². The van der Waals surface area contributed by atoms with E-state index in [1.807, 2.05) is 24.3 Å². The maximum Gasteiger partial charge on any atom is 0.229 e. The first-order valence-corrected chi connectivity index (χ1v) is 11.5. The number of benzene rings is 2. The molecule has 0 saturated heterocycles. The van der Waals surface area contributed by atoms with Crippen molar-refractivity contribution in [3.05, 3.63) is 47.9 Å². The summed E-state index contributed by atoms with van der Waals surface area (Å²) in [6.45, 7) is 4.99. The van der Waals surface area contributed by atoms with Crippen molar-refractivity contribution in [3.8, 4) is 34.1 Å². The molecule has 1 atom stereocenters. The Morgan fingerprint density at radius 1 is 1.03 bits per heavy atom. The average molecular weight is 449 g/mol. The zero-order valence-corrected chi connectivity index (χ0v) is 19.8. The van der Waals surface area contributed by atoms with E-state index in [1.165, 1.54) is 5.56 Å². The van der Waals surface area contributed by atoms with Crippen LogP contribution in [0.25, 0.3) is 33.5 Å². The Labute approximate surface area is 194 Å². The predicted octanol–water partition coefficient (Wildman–Crippen LogP) is 5.70. The van der Waals surface area contributed by atoms with Crippen LogP contribution in [0.5, 0.6) is 11.5 Å². The summed E-state index contributed by atoms with van der Waals surface area (Å²) in [6.07, 6.45) is 3.94. The molecular formula is C26H32N4O3. The van der Waals surface area contributed by atoms with E-state index in [0.717, 1.165) is 53.4 Å². The number of fused-ring (bicyclic) bond motifs is 1. The van der Waals surface area contributed by atoms with Crippen LogP contribution in [0.3, 0.4) is 0 Å². The molecule has 0 aliphatic rings. The van der Waals surface area contributed by atoms with Crippen molar-refractivity contribution in [2.45, 2.75) is 45.4 Å². The molecule has 0 aliphatic heterocycles. The Hall–Kier alpha value is -3.32. The van der Waals surface area contributed by atoms with E-state index >= 15 is 0 Å². The van der Waals surface area contributed by atoms with Crippen molar-refractivity contribution in [1.29, 1.82) is 0 Å². The molecule has 2 aromatic heterocycles. The summed E-state index contributed by atoms with van der Waals surface area (Å²) >= 11 is 0. The van der Waals surface area contributed by atoms with Crippen LogP contribution < -0.4 is 15.2 Å². The van der Waals surface area contributed by atoms with Gasteiger partial charge in [0.05, 0.1) is 14.2 Å². The van der Waals surface area contributed by atoms with E-state index in [4.69, 9.17) is 19.7 Å². The number of H-pyrrole nitrogens is 1. The summed E-state index contributed by atoms with van der Waals surface area (Å²) in [4.78, 5) is 8.26. The molecule has 33 heavy (non-hydrogen) atoms. The predicted molar refractivity (Wildman–Crippen MR) is 131 cm³/mol. The van der Waals surface area contributed by atoms with E-state index in [2.05, 4.69) is 41.1 Å². The highest BCUT2D eigenvalue weighted by molar-refractivity contribution is 5.93. The summed E-state index contributed by atoms with van der Waals surface area (Å²) < 4.78 is 16.5. The Bertz CT molecular complexity index is 1230. The van der Waals surface area contributed by atoms with E-state index in [-0.39, 0.29) is 5.92 Å². The molecule has 0 spiro atoms. The second-order valence-electron chi connectivity index (χ2n) is 8.30. The molecule has 0 amide bonds. The first-order chi connectivity index (χ1) is 16.1. The molecule has 7 nitrogen and oxygen atoms in total. The third-order valence-corrected chi connectivity index (χ3v) is 6.14. The normalized spacial score (nSPS) is 12.3. The SMILES string of the molecule is CCc1c(-c2ccc(OC)c(OC)c2)[nH]c2ccc(-c3noc([C@H](C)CCCCN)n3)cc12. The Balaban J connectivity index is 1.68. The topological polar surface area (TPSA) is 99.2 Å². The number of rotatable bonds is 10. The van der Waals surface area contributed by atoms with Crippen molar-refractivity contribution in [2.24, 2.45) is 5.73 Å². The molecule has 4 aromatic rings. The van der Waals surface area contributed by atoms with Crippen LogP contribution in [-0.4, -0.2) is 35.9 Å². The van der Waals surface area contributed by atoms with Gasteiger partial charge in [-0.25, -0.2) is 0 Å². The maximum absolute atomic E-state index is 5.60. The third kappa shape index (κ3) is 4.59. The second-order valence-corrected chi connectivity index (χ2v) is 8.30. The fraction of sp³-hybridized carbons (Fsp3) is 0.385. The largest absolute Gasteiger partial charge is 0.493 e. The van der Waals surface area contributed by atoms with Crippen molar-refractivity contribution in [2.75, 3.05) is 20.8 Å². The molecule has 2 heterocycles. The molecule has 7 heteroatoms. The van der Waals surface area contributed by atoms with Crippen LogP contribution in [0.4, 0.5) is 0 Å². The van der Waals surface area contributed by atoms with Gasteiger partial charge in [0, 0.05) is 33.6 Å². The molecule has 174 valence electrons. The molecule has 4 rings (SSSR count). The van der Waals surface area contributed by atoms with E-state index in [0.29, 0.717) is 29.8 Å². The summed E-state index contributed by atoms with van der Waals surface area (Å²) in [5.74, 6) is 2.93. The molecule has 0 bridgehead atoms. The number of methoxy groups -OCH3 is 2. The van der Waals surface area contributed by atoms with Gasteiger partial charge in [-0.1, -0.05) is 25.4 Å². The number of hydrogen-bond acceptors (Lipinski definition) is 6. The summed E-state index contributed by atoms with van der Waals surface area (Å²) in [5, 5.41) is 5.41. The van der Waals surface area contributed by atoms with Gasteiger partial charge in [-0.2, -0.15) is 4.98 Å². The van der Waals surface area contributed by atoms with Crippen LogP contribution >= 0.6 is 0 Å². The number of hydrogen-bond donors (Lipinski definition) is 2. The van der Waals surface area contributed by atoms with Gasteiger partial charge < -0.3 is 24.7 Å². The van der Waals surface area contributed by atoms with Crippen LogP contribution in [0.2, 0.25) is 0 Å². The minimum Gasteiger partial charge on any atom is -0.493 e. The van der Waals surface area contributed by atoms with Crippen LogP contribution in [0.1, 0.15) is 50.5 Å². The van der Waals surface area contributed by atoms with Gasteiger partial charge >= 0.3 is 0 Å². The monoisotopic (exact) mass is 448 g/mol. The van der Waals surface area contributed by atoms with Crippen molar-refractivity contribution in [3.63, 3.8) is 0 Å². The van der Waals surface area contributed by atoms with Crippen molar-refractivity contribution >= 4 is 10.9 Å². The zero-order chi connectivity index (χ0) is 23.4. The lowest BCUT2D eigenvalue weighted by atomic mass is 10.0. The lowest BCUT2D eigenvalue weighted by Gasteiger charge is -2.10. The maximum atomic E-state index is 5.60. The number of nitrogens with zero attached hydrogens (tertiary/aromatic N) is 2. The first-order valence-electron chi connectivity index (χ1n) is 11.5. The molecule has 2 aromatic carbocycles. The summed E-state index contributed by atoms with van der Waals surface area (Å²) in [5.41, 5.74) is 11.0. The number of aryl methyl sites for hydroxylation is 1. The van der Waals surface area contributed by atoms with Gasteiger partial charge in [0.2, 0.25) is 11.7 Å². The highest BCUT2D eigenvalue weighted by atomic mass is 16.5. The molecule has 0 radical (unpaired) electrons. The van der Waals surface area contributed by atoms with Gasteiger partial charge in [0.15, 0.2) is 11.5 Å². The van der Waals surface area contributed by atoms with Crippen LogP contribution in [-0.2, 0) is 6.42 Å². The van der Waals surface area contributed by atoms with E-state index in [9.17, 15) is 0 Å². The highest BCUT2D eigenvalue weighted by Crippen LogP contribution is 2.37. The van der Waals surface area contributed by atoms with E-state index < -0.39 is 0 Å². The second kappa shape index (κ2) is 10.1. The minimum atomic E-state index is 0.219. The zero-order valence-electron chi connectivity index (χ0n) is 19.8. The lowest BCUT2D eigenvalue weighted by molar-refractivity contribution is 0.351. The summed E-state index contributed by atoms with van der Waals surface area (Å²) in [6, 6.07) is 12.2. The molecule has 0 unspecified atom stereocenters. The number of nitrogens with two attached hydrogens (primary N) is 1. The third-order valence-electron chi connectivity index (χ3n) is 6.14. The quantitative estimate of drug-likeness (QED) is 0.302. The Kier molecular flexibility index (Phi) is 6.99. The molecular weight excluding hydrogens is 416 g/mol. The Morgan fingerprint density at radius 2 is 1.82 bits per heavy atom. The number of aromatic nitrogens is 3. The van der Waals surface area contributed by atoms with Crippen molar-refractivity contribution in [1.82, 2.24) is 15.1 Å². The smallest absolute Gasteiger partial charge is 0.229 e. The van der Waals surface area contributed by atoms with Crippen molar-refractivity contribution < 1.29 is 14.0 Å². The van der Waals surface area contributed by atoms with Gasteiger partial charge in [-0.05, 0) is 67.8 Å². The average Bonchev–Trinajstić information content (AvgIpc) is 3.48. The van der Waals surface area contributed by atoms with Gasteiger partial charge in [-0.15, -0.1) is 0 Å². The van der Waals surface area contributed by atoms with Crippen LogP contribution in [0.15, 0.2) is 40.9 Å². The first kappa shape index (κ1) is 22.9. The standard InChI is InChI=1S/C26H32N4O3/c1-5-19-20-14-18(25-29-26(33-30-25)16(2)8-6-7-13-27)9-11-21(20)28-24(19)17-10-12-22(31-3)23(15-17)32-4/h9-12,14-16,28H,5-8,13,27H2,1-4H3/t16-/m1/s1. The molecule has 0 aliphatic carbocycles. The number of ether oxygens (including phenoxy) is 2. The molecule has 0 fully saturated rings. The molecule has 0 saturated carbocycles. The number of aromatic amines is 1. The fourth-order valence-electron chi connectivity index (χ4n) is 4.26. The fourth-order valence-corrected chi connectivity index (χ4v) is 4.26. The summed E-state index contributed by atoms with van der Waals surface area (Å²) in [7, 11) is 3.29. The Morgan fingerprint density at radius 3 is 2.55 bits per heavy atom. The van der Waals surface area contributed by atoms with Gasteiger partial charge in [0.25, 0.3) is 0 Å². The number of unbranched alkanes of at least 4 members (excludes halogenated alkanes) is 1. The van der Waals surface area contributed by atoms with Gasteiger partial charge in [-0.3, -0.25) is 0 Å². The highest BCUT2D eigenvalue weighted by Gasteiger charge is 2.18. The van der Waals surface area contributed by atoms with E-state index in [1.54, 1.807) is 14.2 Å². The molecule has 3 N–H and O–H groups in total. The lowest BCUT2D eigenvalue weighted by Crippen LogP contribution is -2.00. The van der Waals surface area contributed by atoms with Crippen LogP contribution in [0, 0.1) is 0 Å².